The van der Waals surface area contributed by atoms with E-state index in [1.807, 2.05) is 0 Å². The van der Waals surface area contributed by atoms with Gasteiger partial charge in [-0.3, -0.25) is 9.59 Å². The molecule has 1 aliphatic carbocycles. The van der Waals surface area contributed by atoms with E-state index >= 15 is 0 Å². The molecule has 0 unspecified atom stereocenters. The SMILES string of the molecule is CN(C)S(=O)(=O)c1ccc(=O)n(CC(=O)N(C2CCCC2)[C@H]2CCS(=O)(=O)C2)c1. The van der Waals surface area contributed by atoms with Gasteiger partial charge in [-0.15, -0.1) is 0 Å². The second-order valence-corrected chi connectivity index (χ2v) is 12.3. The summed E-state index contributed by atoms with van der Waals surface area (Å²) in [4.78, 5) is 27.0. The van der Waals surface area contributed by atoms with Gasteiger partial charge in [0.1, 0.15) is 6.54 Å². The summed E-state index contributed by atoms with van der Waals surface area (Å²) in [6.07, 6.45) is 5.15. The average molecular weight is 446 g/mol. The number of carbonyl (C=O) groups is 1. The van der Waals surface area contributed by atoms with Gasteiger partial charge in [0.2, 0.25) is 15.9 Å². The van der Waals surface area contributed by atoms with E-state index in [1.165, 1.54) is 26.4 Å². The first-order valence-corrected chi connectivity index (χ1v) is 12.9. The Morgan fingerprint density at radius 2 is 1.79 bits per heavy atom. The zero-order valence-electron chi connectivity index (χ0n) is 16.7. The van der Waals surface area contributed by atoms with Crippen LogP contribution in [0.5, 0.6) is 0 Å². The Morgan fingerprint density at radius 1 is 1.14 bits per heavy atom. The fourth-order valence-electron chi connectivity index (χ4n) is 4.11. The number of hydrogen-bond acceptors (Lipinski definition) is 6. The number of nitrogens with zero attached hydrogens (tertiary/aromatic N) is 3. The topological polar surface area (TPSA) is 114 Å². The van der Waals surface area contributed by atoms with E-state index in [9.17, 15) is 26.4 Å². The van der Waals surface area contributed by atoms with Gasteiger partial charge in [0.15, 0.2) is 9.84 Å². The van der Waals surface area contributed by atoms with Crippen LogP contribution in [0.1, 0.15) is 32.1 Å². The molecule has 1 aliphatic heterocycles. The largest absolute Gasteiger partial charge is 0.334 e. The van der Waals surface area contributed by atoms with Crippen LogP contribution in [-0.4, -0.2) is 74.2 Å². The number of aromatic nitrogens is 1. The molecule has 0 aromatic carbocycles. The summed E-state index contributed by atoms with van der Waals surface area (Å²) < 4.78 is 50.7. The third kappa shape index (κ3) is 4.72. The smallest absolute Gasteiger partial charge is 0.251 e. The van der Waals surface area contributed by atoms with Crippen LogP contribution in [-0.2, 0) is 31.2 Å². The molecule has 1 saturated carbocycles. The monoisotopic (exact) mass is 445 g/mol. The van der Waals surface area contributed by atoms with Gasteiger partial charge in [0.05, 0.1) is 16.4 Å². The van der Waals surface area contributed by atoms with Crippen molar-refractivity contribution >= 4 is 25.8 Å². The third-order valence-corrected chi connectivity index (χ3v) is 9.20. The van der Waals surface area contributed by atoms with Gasteiger partial charge in [0.25, 0.3) is 5.56 Å². The predicted octanol–water partition coefficient (Wildman–Crippen LogP) is 0.0569. The molecule has 2 heterocycles. The molecule has 2 fully saturated rings. The maximum atomic E-state index is 13.2. The van der Waals surface area contributed by atoms with Crippen LogP contribution in [0.4, 0.5) is 0 Å². The average Bonchev–Trinajstić information content (AvgIpc) is 3.27. The maximum absolute atomic E-state index is 13.2. The number of rotatable bonds is 6. The van der Waals surface area contributed by atoms with Crippen LogP contribution in [0.25, 0.3) is 0 Å². The molecule has 11 heteroatoms. The van der Waals surface area contributed by atoms with Gasteiger partial charge in [-0.25, -0.2) is 21.1 Å². The minimum atomic E-state index is -3.75. The Morgan fingerprint density at radius 3 is 2.34 bits per heavy atom. The molecule has 1 atom stereocenters. The molecule has 1 amide bonds. The van der Waals surface area contributed by atoms with E-state index in [-0.39, 0.29) is 40.9 Å². The second-order valence-electron chi connectivity index (χ2n) is 7.91. The van der Waals surface area contributed by atoms with Gasteiger partial charge >= 0.3 is 0 Å². The van der Waals surface area contributed by atoms with Gasteiger partial charge in [-0.05, 0) is 25.3 Å². The summed E-state index contributed by atoms with van der Waals surface area (Å²) in [5.74, 6) is -0.343. The maximum Gasteiger partial charge on any atom is 0.251 e. The third-order valence-electron chi connectivity index (χ3n) is 5.65. The second kappa shape index (κ2) is 8.19. The molecule has 0 radical (unpaired) electrons. The number of carbonyl (C=O) groups excluding carboxylic acids is 1. The molecule has 1 aromatic heterocycles. The Hall–Kier alpha value is -1.72. The van der Waals surface area contributed by atoms with Crippen molar-refractivity contribution in [3.8, 4) is 0 Å². The van der Waals surface area contributed by atoms with E-state index in [1.54, 1.807) is 4.90 Å². The van der Waals surface area contributed by atoms with Gasteiger partial charge < -0.3 is 9.47 Å². The normalized spacial score (nSPS) is 22.2. The highest BCUT2D eigenvalue weighted by atomic mass is 32.2. The van der Waals surface area contributed by atoms with Crippen LogP contribution in [0.15, 0.2) is 28.0 Å². The highest BCUT2D eigenvalue weighted by molar-refractivity contribution is 7.91. The summed E-state index contributed by atoms with van der Waals surface area (Å²) in [5, 5.41) is 0. The number of amides is 1. The lowest BCUT2D eigenvalue weighted by Crippen LogP contribution is -2.49. The fraction of sp³-hybridized carbons (Fsp3) is 0.667. The van der Waals surface area contributed by atoms with E-state index in [0.29, 0.717) is 6.42 Å². The molecule has 29 heavy (non-hydrogen) atoms. The standard InChI is InChI=1S/C18H27N3O6S2/c1-19(2)29(26,27)16-7-8-17(22)20(11-16)12-18(23)21(14-5-3-4-6-14)15-9-10-28(24,25)13-15/h7-8,11,14-15H,3-6,9-10,12-13H2,1-2H3/t15-/m0/s1. The number of sulfone groups is 1. The van der Waals surface area contributed by atoms with Crippen molar-refractivity contribution in [1.29, 1.82) is 0 Å². The first-order chi connectivity index (χ1) is 13.5. The van der Waals surface area contributed by atoms with E-state index in [0.717, 1.165) is 40.6 Å². The lowest BCUT2D eigenvalue weighted by atomic mass is 10.1. The highest BCUT2D eigenvalue weighted by Gasteiger charge is 2.39. The molecule has 0 N–H and O–H groups in total. The van der Waals surface area contributed by atoms with Crippen molar-refractivity contribution in [2.45, 2.75) is 55.6 Å². The zero-order valence-corrected chi connectivity index (χ0v) is 18.3. The minimum absolute atomic E-state index is 0.0369. The van der Waals surface area contributed by atoms with Crippen molar-refractivity contribution in [1.82, 2.24) is 13.8 Å². The molecular formula is C18H27N3O6S2. The van der Waals surface area contributed by atoms with Crippen molar-refractivity contribution in [2.24, 2.45) is 0 Å². The van der Waals surface area contributed by atoms with Crippen LogP contribution < -0.4 is 5.56 Å². The summed E-state index contributed by atoms with van der Waals surface area (Å²) in [5.41, 5.74) is -0.485. The van der Waals surface area contributed by atoms with E-state index in [2.05, 4.69) is 0 Å². The first kappa shape index (κ1) is 22.0. The van der Waals surface area contributed by atoms with E-state index in [4.69, 9.17) is 0 Å². The lowest BCUT2D eigenvalue weighted by Gasteiger charge is -2.34. The van der Waals surface area contributed by atoms with Crippen LogP contribution in [0.2, 0.25) is 0 Å². The first-order valence-electron chi connectivity index (χ1n) is 9.66. The summed E-state index contributed by atoms with van der Waals surface area (Å²) in [7, 11) is -4.14. The minimum Gasteiger partial charge on any atom is -0.334 e. The molecule has 0 spiro atoms. The number of hydrogen-bond donors (Lipinski definition) is 0. The van der Waals surface area contributed by atoms with Crippen LogP contribution in [0.3, 0.4) is 0 Å². The Balaban J connectivity index is 1.89. The lowest BCUT2D eigenvalue weighted by molar-refractivity contribution is -0.136. The number of sulfonamides is 1. The van der Waals surface area contributed by atoms with Gasteiger partial charge in [-0.1, -0.05) is 12.8 Å². The van der Waals surface area contributed by atoms with Gasteiger partial charge in [0, 0.05) is 38.4 Å². The molecule has 1 aromatic rings. The Labute approximate surface area is 171 Å². The highest BCUT2D eigenvalue weighted by Crippen LogP contribution is 2.29. The van der Waals surface area contributed by atoms with Crippen molar-refractivity contribution < 1.29 is 21.6 Å². The van der Waals surface area contributed by atoms with Crippen LogP contribution in [0, 0.1) is 0 Å². The van der Waals surface area contributed by atoms with E-state index < -0.39 is 25.4 Å². The molecular weight excluding hydrogens is 418 g/mol. The fourth-order valence-corrected chi connectivity index (χ4v) is 6.74. The zero-order chi connectivity index (χ0) is 21.4. The molecule has 0 bridgehead atoms. The molecule has 1 saturated heterocycles. The van der Waals surface area contributed by atoms with Crippen molar-refractivity contribution in [3.05, 3.63) is 28.7 Å². The molecule has 9 nitrogen and oxygen atoms in total. The summed E-state index contributed by atoms with van der Waals surface area (Å²) >= 11 is 0. The number of pyridine rings is 1. The quantitative estimate of drug-likeness (QED) is 0.612. The Bertz CT molecular complexity index is 1040. The molecule has 3 rings (SSSR count). The summed E-state index contributed by atoms with van der Waals surface area (Å²) in [6.45, 7) is -0.317. The van der Waals surface area contributed by atoms with Crippen molar-refractivity contribution in [3.63, 3.8) is 0 Å². The van der Waals surface area contributed by atoms with Gasteiger partial charge in [-0.2, -0.15) is 0 Å². The molecule has 162 valence electrons. The predicted molar refractivity (Wildman–Crippen MR) is 108 cm³/mol. The summed E-state index contributed by atoms with van der Waals surface area (Å²) in [6, 6.07) is 1.92. The van der Waals surface area contributed by atoms with Crippen LogP contribution >= 0.6 is 0 Å². The molecule has 2 aliphatic rings. The Kier molecular flexibility index (Phi) is 6.21. The van der Waals surface area contributed by atoms with Crippen molar-refractivity contribution in [2.75, 3.05) is 25.6 Å².